The van der Waals surface area contributed by atoms with Crippen LogP contribution in [0.25, 0.3) is 39.0 Å². The fourth-order valence-corrected chi connectivity index (χ4v) is 5.22. The van der Waals surface area contributed by atoms with Crippen LogP contribution in [0.5, 0.6) is 5.88 Å². The number of aromatic nitrogens is 3. The lowest BCUT2D eigenvalue weighted by molar-refractivity contribution is 0.251. The quantitative estimate of drug-likeness (QED) is 0.167. The number of nitrogens with zero attached hydrogens (tertiary/aromatic N) is 3. The van der Waals surface area contributed by atoms with Crippen molar-refractivity contribution in [2.75, 3.05) is 5.32 Å². The topological polar surface area (TPSA) is 94.2 Å². The van der Waals surface area contributed by atoms with Crippen LogP contribution in [0.2, 0.25) is 0 Å². The first-order valence-electron chi connectivity index (χ1n) is 14.8. The molecule has 47 heavy (non-hydrogen) atoms. The van der Waals surface area contributed by atoms with Gasteiger partial charge in [-0.3, -0.25) is 4.57 Å². The predicted molar refractivity (Wildman–Crippen MR) is 175 cm³/mol. The average Bonchev–Trinajstić information content (AvgIpc) is 3.77. The highest BCUT2D eigenvalue weighted by atomic mass is 19.1. The van der Waals surface area contributed by atoms with E-state index in [-0.39, 0.29) is 12.1 Å². The highest BCUT2D eigenvalue weighted by Crippen LogP contribution is 2.32. The highest BCUT2D eigenvalue weighted by molar-refractivity contribution is 5.91. The standard InChI is InChI=1S/C37H27F2N5O3/c38-28-10-11-32(33(39)18-28)27-15-29(43-37(45)41-21-31-7-4-14-46-31)19-30(16-27)44-23-42-34-17-25(8-12-35(34)44)26-9-13-36(40-20-26)47-22-24-5-2-1-3-6-24/h1-20,23H,21-22H2,(H2,41,43,45). The number of hydrogen-bond donors (Lipinski definition) is 2. The van der Waals surface area contributed by atoms with E-state index < -0.39 is 17.7 Å². The van der Waals surface area contributed by atoms with Crippen LogP contribution < -0.4 is 15.4 Å². The Morgan fingerprint density at radius 2 is 1.70 bits per heavy atom. The van der Waals surface area contributed by atoms with E-state index in [9.17, 15) is 13.6 Å². The van der Waals surface area contributed by atoms with Crippen molar-refractivity contribution in [3.05, 3.63) is 151 Å². The smallest absolute Gasteiger partial charge is 0.319 e. The first kappa shape index (κ1) is 29.4. The molecule has 0 aliphatic heterocycles. The van der Waals surface area contributed by atoms with Crippen molar-refractivity contribution >= 4 is 22.8 Å². The maximum absolute atomic E-state index is 14.9. The van der Waals surface area contributed by atoms with E-state index in [1.54, 1.807) is 42.9 Å². The second-order valence-electron chi connectivity index (χ2n) is 10.8. The lowest BCUT2D eigenvalue weighted by atomic mass is 10.0. The number of carbonyl (C=O) groups excluding carboxylic acids is 1. The summed E-state index contributed by atoms with van der Waals surface area (Å²) in [5.74, 6) is -0.283. The third kappa shape index (κ3) is 6.71. The fraction of sp³-hybridized carbons (Fsp3) is 0.0541. The maximum Gasteiger partial charge on any atom is 0.319 e. The molecule has 0 aliphatic carbocycles. The number of hydrogen-bond acceptors (Lipinski definition) is 5. The maximum atomic E-state index is 14.9. The summed E-state index contributed by atoms with van der Waals surface area (Å²) in [6.45, 7) is 0.615. The van der Waals surface area contributed by atoms with E-state index in [1.165, 1.54) is 18.4 Å². The number of urea groups is 1. The third-order valence-corrected chi connectivity index (χ3v) is 7.55. The number of benzene rings is 4. The van der Waals surface area contributed by atoms with Gasteiger partial charge in [-0.25, -0.2) is 23.5 Å². The summed E-state index contributed by atoms with van der Waals surface area (Å²) in [5, 5.41) is 5.55. The summed E-state index contributed by atoms with van der Waals surface area (Å²) in [6.07, 6.45) is 4.94. The minimum absolute atomic E-state index is 0.183. The van der Waals surface area contributed by atoms with Crippen molar-refractivity contribution in [1.29, 1.82) is 0 Å². The molecule has 10 heteroatoms. The molecule has 0 saturated carbocycles. The predicted octanol–water partition coefficient (Wildman–Crippen LogP) is 8.53. The first-order chi connectivity index (χ1) is 23.0. The van der Waals surface area contributed by atoms with Gasteiger partial charge in [-0.05, 0) is 77.4 Å². The Morgan fingerprint density at radius 3 is 2.49 bits per heavy atom. The van der Waals surface area contributed by atoms with Gasteiger partial charge in [-0.15, -0.1) is 0 Å². The SMILES string of the molecule is O=C(NCc1ccco1)Nc1cc(-c2ccc(F)cc2F)cc(-n2cnc3cc(-c4ccc(OCc5ccccc5)nc4)ccc32)c1. The lowest BCUT2D eigenvalue weighted by Gasteiger charge is -2.14. The summed E-state index contributed by atoms with van der Waals surface area (Å²) >= 11 is 0. The van der Waals surface area contributed by atoms with E-state index >= 15 is 0 Å². The van der Waals surface area contributed by atoms with E-state index in [0.717, 1.165) is 33.8 Å². The van der Waals surface area contributed by atoms with Gasteiger partial charge < -0.3 is 19.8 Å². The monoisotopic (exact) mass is 627 g/mol. The lowest BCUT2D eigenvalue weighted by Crippen LogP contribution is -2.28. The van der Waals surface area contributed by atoms with Gasteiger partial charge in [0.1, 0.15) is 30.3 Å². The van der Waals surface area contributed by atoms with Gasteiger partial charge in [0, 0.05) is 40.8 Å². The molecule has 0 unspecified atom stereocenters. The van der Waals surface area contributed by atoms with Crippen LogP contribution in [0.1, 0.15) is 11.3 Å². The third-order valence-electron chi connectivity index (χ3n) is 7.55. The van der Waals surface area contributed by atoms with Crippen molar-refractivity contribution < 1.29 is 22.7 Å². The van der Waals surface area contributed by atoms with Gasteiger partial charge in [-0.2, -0.15) is 0 Å². The van der Waals surface area contributed by atoms with Crippen LogP contribution >= 0.6 is 0 Å². The van der Waals surface area contributed by atoms with E-state index in [4.69, 9.17) is 9.15 Å². The molecule has 232 valence electrons. The zero-order chi connectivity index (χ0) is 32.2. The van der Waals surface area contributed by atoms with Crippen LogP contribution in [0, 0.1) is 11.6 Å². The van der Waals surface area contributed by atoms with Crippen molar-refractivity contribution in [3.8, 4) is 33.8 Å². The number of halogens is 2. The first-order valence-corrected chi connectivity index (χ1v) is 14.8. The molecular weight excluding hydrogens is 600 g/mol. The molecule has 0 saturated heterocycles. The molecule has 2 amide bonds. The van der Waals surface area contributed by atoms with Crippen LogP contribution in [-0.4, -0.2) is 20.6 Å². The Morgan fingerprint density at radius 1 is 0.830 bits per heavy atom. The zero-order valence-electron chi connectivity index (χ0n) is 24.9. The molecule has 0 fully saturated rings. The van der Waals surface area contributed by atoms with Crippen LogP contribution in [-0.2, 0) is 13.2 Å². The summed E-state index contributed by atoms with van der Waals surface area (Å²) in [6, 6.07) is 31.1. The summed E-state index contributed by atoms with van der Waals surface area (Å²) in [4.78, 5) is 21.8. The van der Waals surface area contributed by atoms with Crippen molar-refractivity contribution in [2.24, 2.45) is 0 Å². The Balaban J connectivity index is 1.16. The molecule has 0 spiro atoms. The molecule has 0 bridgehead atoms. The van der Waals surface area contributed by atoms with Gasteiger partial charge in [0.25, 0.3) is 0 Å². The number of rotatable bonds is 9. The molecule has 0 aliphatic rings. The molecule has 8 nitrogen and oxygen atoms in total. The zero-order valence-corrected chi connectivity index (χ0v) is 24.9. The van der Waals surface area contributed by atoms with Crippen LogP contribution in [0.3, 0.4) is 0 Å². The molecule has 3 aromatic heterocycles. The van der Waals surface area contributed by atoms with E-state index in [2.05, 4.69) is 20.6 Å². The minimum Gasteiger partial charge on any atom is -0.473 e. The van der Waals surface area contributed by atoms with Gasteiger partial charge in [0.05, 0.1) is 23.8 Å². The fourth-order valence-electron chi connectivity index (χ4n) is 5.22. The van der Waals surface area contributed by atoms with Crippen LogP contribution in [0.15, 0.2) is 132 Å². The summed E-state index contributed by atoms with van der Waals surface area (Å²) in [7, 11) is 0. The van der Waals surface area contributed by atoms with Crippen molar-refractivity contribution in [2.45, 2.75) is 13.2 Å². The number of imidazole rings is 1. The molecular formula is C37H27F2N5O3. The number of ether oxygens (including phenoxy) is 1. The van der Waals surface area contributed by atoms with E-state index in [0.29, 0.717) is 35.2 Å². The highest BCUT2D eigenvalue weighted by Gasteiger charge is 2.14. The van der Waals surface area contributed by atoms with Gasteiger partial charge in [-0.1, -0.05) is 36.4 Å². The molecule has 0 atom stereocenters. The second kappa shape index (κ2) is 13.0. The number of amides is 2. The molecule has 2 N–H and O–H groups in total. The minimum atomic E-state index is -0.722. The average molecular weight is 628 g/mol. The Hall–Kier alpha value is -6.29. The van der Waals surface area contributed by atoms with Crippen LogP contribution in [0.4, 0.5) is 19.3 Å². The number of pyridine rings is 1. The number of fused-ring (bicyclic) bond motifs is 1. The molecule has 0 radical (unpaired) electrons. The largest absolute Gasteiger partial charge is 0.473 e. The number of furan rings is 1. The van der Waals surface area contributed by atoms with Crippen molar-refractivity contribution in [3.63, 3.8) is 0 Å². The number of nitrogens with one attached hydrogen (secondary N) is 2. The van der Waals surface area contributed by atoms with Gasteiger partial charge in [0.2, 0.25) is 5.88 Å². The molecule has 4 aromatic carbocycles. The van der Waals surface area contributed by atoms with E-state index in [1.807, 2.05) is 65.2 Å². The van der Waals surface area contributed by atoms with Gasteiger partial charge in [0.15, 0.2) is 0 Å². The number of anilines is 1. The number of carbonyl (C=O) groups is 1. The Bertz CT molecular complexity index is 2170. The molecule has 3 heterocycles. The Labute approximate surface area is 268 Å². The van der Waals surface area contributed by atoms with Gasteiger partial charge >= 0.3 is 6.03 Å². The normalized spacial score (nSPS) is 11.0. The summed E-state index contributed by atoms with van der Waals surface area (Å²) < 4.78 is 41.6. The Kier molecular flexibility index (Phi) is 8.13. The van der Waals surface area contributed by atoms with Crippen molar-refractivity contribution in [1.82, 2.24) is 19.9 Å². The molecule has 7 rings (SSSR count). The summed E-state index contributed by atoms with van der Waals surface area (Å²) in [5.41, 5.74) is 6.02. The second-order valence-corrected chi connectivity index (χ2v) is 10.8. The molecule has 7 aromatic rings.